The zero-order valence-electron chi connectivity index (χ0n) is 9.42. The topological polar surface area (TPSA) is 26.0 Å². The van der Waals surface area contributed by atoms with Gasteiger partial charge in [0.1, 0.15) is 0 Å². The molecule has 82 valence electrons. The maximum atomic E-state index is 6.11. The third-order valence-electron chi connectivity index (χ3n) is 3.41. The molecule has 0 unspecified atom stereocenters. The number of benzene rings is 1. The highest BCUT2D eigenvalue weighted by Gasteiger charge is 2.21. The van der Waals surface area contributed by atoms with Gasteiger partial charge >= 0.3 is 0 Å². The van der Waals surface area contributed by atoms with E-state index in [1.165, 1.54) is 27.1 Å². The van der Waals surface area contributed by atoms with Crippen LogP contribution in [0.25, 0.3) is 10.4 Å². The van der Waals surface area contributed by atoms with Gasteiger partial charge in [-0.25, -0.2) is 0 Å². The van der Waals surface area contributed by atoms with E-state index in [1.54, 1.807) is 11.3 Å². The Morgan fingerprint density at radius 3 is 2.88 bits per heavy atom. The van der Waals surface area contributed by atoms with E-state index in [4.69, 9.17) is 5.73 Å². The first-order valence-electron chi connectivity index (χ1n) is 5.79. The Balaban J connectivity index is 2.26. The van der Waals surface area contributed by atoms with Crippen molar-refractivity contribution >= 4 is 16.3 Å². The SMILES string of the molecule is CCc1c(N)sc2c1CCc1ccccc1-2. The quantitative estimate of drug-likeness (QED) is 0.793. The van der Waals surface area contributed by atoms with E-state index in [0.717, 1.165) is 24.3 Å². The van der Waals surface area contributed by atoms with Gasteiger partial charge in [-0.2, -0.15) is 0 Å². The van der Waals surface area contributed by atoms with Crippen molar-refractivity contribution in [2.24, 2.45) is 0 Å². The van der Waals surface area contributed by atoms with Crippen LogP contribution in [0, 0.1) is 0 Å². The molecule has 0 amide bonds. The van der Waals surface area contributed by atoms with Crippen LogP contribution in [-0.2, 0) is 19.3 Å². The van der Waals surface area contributed by atoms with E-state index in [9.17, 15) is 0 Å². The van der Waals surface area contributed by atoms with Crippen molar-refractivity contribution in [2.45, 2.75) is 26.2 Å². The first kappa shape index (κ1) is 9.91. The van der Waals surface area contributed by atoms with Crippen molar-refractivity contribution in [2.75, 3.05) is 5.73 Å². The molecule has 0 saturated carbocycles. The summed E-state index contributed by atoms with van der Waals surface area (Å²) in [6.07, 6.45) is 3.37. The summed E-state index contributed by atoms with van der Waals surface area (Å²) in [6.45, 7) is 2.19. The van der Waals surface area contributed by atoms with Crippen LogP contribution in [0.5, 0.6) is 0 Å². The number of rotatable bonds is 1. The van der Waals surface area contributed by atoms with E-state index in [-0.39, 0.29) is 0 Å². The maximum absolute atomic E-state index is 6.11. The Labute approximate surface area is 99.9 Å². The molecule has 0 fully saturated rings. The van der Waals surface area contributed by atoms with E-state index in [1.807, 2.05) is 0 Å². The van der Waals surface area contributed by atoms with Crippen LogP contribution < -0.4 is 5.73 Å². The molecule has 1 aromatic heterocycles. The lowest BCUT2D eigenvalue weighted by molar-refractivity contribution is 0.926. The predicted octanol–water partition coefficient (Wildman–Crippen LogP) is 3.66. The van der Waals surface area contributed by atoms with Crippen LogP contribution in [-0.4, -0.2) is 0 Å². The lowest BCUT2D eigenvalue weighted by Crippen LogP contribution is -2.03. The molecule has 0 bridgehead atoms. The number of anilines is 1. The van der Waals surface area contributed by atoms with Gasteiger partial charge in [-0.15, -0.1) is 11.3 Å². The van der Waals surface area contributed by atoms with Crippen molar-refractivity contribution < 1.29 is 0 Å². The molecule has 2 aromatic rings. The van der Waals surface area contributed by atoms with Gasteiger partial charge < -0.3 is 5.73 Å². The van der Waals surface area contributed by atoms with Crippen LogP contribution in [0.3, 0.4) is 0 Å². The van der Waals surface area contributed by atoms with E-state index in [2.05, 4.69) is 31.2 Å². The number of aryl methyl sites for hydroxylation is 1. The van der Waals surface area contributed by atoms with Gasteiger partial charge in [-0.1, -0.05) is 31.2 Å². The van der Waals surface area contributed by atoms with Gasteiger partial charge in [-0.3, -0.25) is 0 Å². The maximum Gasteiger partial charge on any atom is 0.0898 e. The summed E-state index contributed by atoms with van der Waals surface area (Å²) in [5.74, 6) is 0. The van der Waals surface area contributed by atoms with Crippen LogP contribution in [0.1, 0.15) is 23.6 Å². The second-order valence-electron chi connectivity index (χ2n) is 4.26. The Morgan fingerprint density at radius 1 is 1.25 bits per heavy atom. The molecular formula is C14H15NS. The predicted molar refractivity (Wildman–Crippen MR) is 71.0 cm³/mol. The van der Waals surface area contributed by atoms with Crippen molar-refractivity contribution in [1.82, 2.24) is 0 Å². The van der Waals surface area contributed by atoms with Crippen molar-refractivity contribution in [1.29, 1.82) is 0 Å². The summed E-state index contributed by atoms with van der Waals surface area (Å²) in [4.78, 5) is 1.41. The van der Waals surface area contributed by atoms with Crippen molar-refractivity contribution in [3.8, 4) is 10.4 Å². The molecule has 1 aromatic carbocycles. The highest BCUT2D eigenvalue weighted by molar-refractivity contribution is 7.19. The fraction of sp³-hybridized carbons (Fsp3) is 0.286. The summed E-state index contributed by atoms with van der Waals surface area (Å²) >= 11 is 1.76. The normalized spacial score (nSPS) is 13.3. The first-order valence-corrected chi connectivity index (χ1v) is 6.61. The molecule has 0 atom stereocenters. The Hall–Kier alpha value is -1.28. The third kappa shape index (κ3) is 1.30. The zero-order valence-corrected chi connectivity index (χ0v) is 10.2. The van der Waals surface area contributed by atoms with Crippen LogP contribution in [0.15, 0.2) is 24.3 Å². The smallest absolute Gasteiger partial charge is 0.0898 e. The van der Waals surface area contributed by atoms with Crippen LogP contribution >= 0.6 is 11.3 Å². The minimum atomic E-state index is 1.02. The molecule has 1 nitrogen and oxygen atoms in total. The molecular weight excluding hydrogens is 214 g/mol. The average molecular weight is 229 g/mol. The average Bonchev–Trinajstić information content (AvgIpc) is 2.65. The highest BCUT2D eigenvalue weighted by Crippen LogP contribution is 2.43. The van der Waals surface area contributed by atoms with E-state index in [0.29, 0.717) is 0 Å². The number of fused-ring (bicyclic) bond motifs is 3. The van der Waals surface area contributed by atoms with Crippen molar-refractivity contribution in [3.63, 3.8) is 0 Å². The largest absolute Gasteiger partial charge is 0.390 e. The molecule has 1 aliphatic rings. The van der Waals surface area contributed by atoms with Gasteiger partial charge in [0.05, 0.1) is 5.00 Å². The molecule has 0 radical (unpaired) electrons. The molecule has 2 N–H and O–H groups in total. The van der Waals surface area contributed by atoms with Crippen LogP contribution in [0.2, 0.25) is 0 Å². The lowest BCUT2D eigenvalue weighted by Gasteiger charge is -2.16. The third-order valence-corrected chi connectivity index (χ3v) is 4.54. The van der Waals surface area contributed by atoms with E-state index >= 15 is 0 Å². The minimum absolute atomic E-state index is 1.02. The fourth-order valence-electron chi connectivity index (χ4n) is 2.61. The first-order chi connectivity index (χ1) is 7.81. The number of nitrogen functional groups attached to an aromatic ring is 1. The monoisotopic (exact) mass is 229 g/mol. The second kappa shape index (κ2) is 3.63. The standard InChI is InChI=1S/C14H15NS/c1-2-10-12-8-7-9-5-3-4-6-11(9)13(12)16-14(10)15/h3-6H,2,7-8,15H2,1H3. The van der Waals surface area contributed by atoms with Crippen molar-refractivity contribution in [3.05, 3.63) is 41.0 Å². The Morgan fingerprint density at radius 2 is 2.06 bits per heavy atom. The number of hydrogen-bond acceptors (Lipinski definition) is 2. The molecule has 2 heteroatoms. The molecule has 16 heavy (non-hydrogen) atoms. The summed E-state index contributed by atoms with van der Waals surface area (Å²) in [7, 11) is 0. The highest BCUT2D eigenvalue weighted by atomic mass is 32.1. The number of thiophene rings is 1. The molecule has 1 aliphatic carbocycles. The van der Waals surface area contributed by atoms with Gasteiger partial charge in [0, 0.05) is 4.88 Å². The second-order valence-corrected chi connectivity index (χ2v) is 5.32. The Bertz CT molecular complexity index is 540. The summed E-state index contributed by atoms with van der Waals surface area (Å²) in [5, 5.41) is 1.02. The number of hydrogen-bond donors (Lipinski definition) is 1. The summed E-state index contributed by atoms with van der Waals surface area (Å²) in [5.41, 5.74) is 11.9. The van der Waals surface area contributed by atoms with Gasteiger partial charge in [-0.05, 0) is 41.5 Å². The summed E-state index contributed by atoms with van der Waals surface area (Å²) < 4.78 is 0. The number of nitrogens with two attached hydrogens (primary N) is 1. The molecule has 0 spiro atoms. The lowest BCUT2D eigenvalue weighted by atomic mass is 9.89. The Kier molecular flexibility index (Phi) is 2.25. The van der Waals surface area contributed by atoms with Crippen LogP contribution in [0.4, 0.5) is 5.00 Å². The fourth-order valence-corrected chi connectivity index (χ4v) is 3.88. The molecule has 0 aliphatic heterocycles. The molecule has 3 rings (SSSR count). The minimum Gasteiger partial charge on any atom is -0.390 e. The summed E-state index contributed by atoms with van der Waals surface area (Å²) in [6, 6.07) is 8.71. The molecule has 0 saturated heterocycles. The zero-order chi connectivity index (χ0) is 11.1. The van der Waals surface area contributed by atoms with Gasteiger partial charge in [0.25, 0.3) is 0 Å². The van der Waals surface area contributed by atoms with E-state index < -0.39 is 0 Å². The van der Waals surface area contributed by atoms with Gasteiger partial charge in [0.2, 0.25) is 0 Å². The van der Waals surface area contributed by atoms with Gasteiger partial charge in [0.15, 0.2) is 0 Å². The molecule has 1 heterocycles.